The Bertz CT molecular complexity index is 2880. The van der Waals surface area contributed by atoms with Gasteiger partial charge in [-0.25, -0.2) is 18.7 Å². The second-order valence-corrected chi connectivity index (χ2v) is 34.7. The van der Waals surface area contributed by atoms with E-state index < -0.39 is 30.6 Å². The minimum absolute atomic E-state index is 0.0746. The van der Waals surface area contributed by atoms with E-state index >= 15 is 4.39 Å². The van der Waals surface area contributed by atoms with Crippen LogP contribution in [0, 0.1) is 11.6 Å². The summed E-state index contributed by atoms with van der Waals surface area (Å²) in [5.74, 6) is 1.13. The van der Waals surface area contributed by atoms with Crippen LogP contribution in [0.4, 0.5) is 41.4 Å². The normalized spacial score (nSPS) is 20.0. The predicted molar refractivity (Wildman–Crippen MR) is 292 cm³/mol. The van der Waals surface area contributed by atoms with Crippen LogP contribution in [0.2, 0.25) is 13.3 Å². The van der Waals surface area contributed by atoms with Gasteiger partial charge in [0, 0.05) is 49.0 Å². The van der Waals surface area contributed by atoms with E-state index in [4.69, 9.17) is 9.97 Å². The van der Waals surface area contributed by atoms with Crippen molar-refractivity contribution in [1.82, 2.24) is 39.0 Å². The molecule has 0 aliphatic carbocycles. The summed E-state index contributed by atoms with van der Waals surface area (Å²) in [5, 5.41) is 33.9. The molecule has 8 heterocycles. The molecule has 0 spiro atoms. The zero-order chi connectivity index (χ0) is 51.9. The van der Waals surface area contributed by atoms with E-state index in [2.05, 4.69) is 79.5 Å². The summed E-state index contributed by atoms with van der Waals surface area (Å²) in [7, 11) is 0. The third-order valence-electron chi connectivity index (χ3n) is 15.5. The monoisotopic (exact) mass is 1190 g/mol. The first-order chi connectivity index (χ1) is 35.9. The van der Waals surface area contributed by atoms with Gasteiger partial charge in [-0.05, 0) is 49.9 Å². The number of unbranched alkanes of at least 4 members (excludes halogenated alkanes) is 3. The van der Waals surface area contributed by atoms with Crippen LogP contribution < -0.4 is 24.0 Å². The summed E-state index contributed by atoms with van der Waals surface area (Å²) in [5.41, 5.74) is 3.56. The Kier molecular flexibility index (Phi) is 17.6. The summed E-state index contributed by atoms with van der Waals surface area (Å²) in [6.45, 7) is 10.1. The van der Waals surface area contributed by atoms with Crippen LogP contribution in [0.3, 0.4) is 0 Å². The summed E-state index contributed by atoms with van der Waals surface area (Å²) in [6, 6.07) is 14.3. The number of hydrogen-bond donors (Lipinski definition) is 4. The van der Waals surface area contributed by atoms with Gasteiger partial charge in [0.1, 0.15) is 17.3 Å². The summed E-state index contributed by atoms with van der Waals surface area (Å²) >= 11 is 0.705. The number of halogens is 3. The molecule has 4 aliphatic rings. The van der Waals surface area contributed by atoms with E-state index in [0.29, 0.717) is 73.1 Å². The number of hydrogen-bond acceptors (Lipinski definition) is 10. The number of benzene rings is 2. The number of anilines is 4. The molecule has 4 fully saturated rings. The van der Waals surface area contributed by atoms with Crippen molar-refractivity contribution in [3.63, 3.8) is 0 Å². The number of rotatable bonds is 16. The molecule has 20 heteroatoms. The smallest absolute Gasteiger partial charge is 0.322 e. The number of likely N-dealkylation sites (tertiary alicyclic amines) is 2. The fourth-order valence-electron chi connectivity index (χ4n) is 11.4. The number of amides is 4. The number of aliphatic hydroxyl groups excluding tert-OH is 2. The maximum absolute atomic E-state index is 15.7. The van der Waals surface area contributed by atoms with Crippen LogP contribution in [0.15, 0.2) is 77.8 Å². The van der Waals surface area contributed by atoms with Crippen molar-refractivity contribution in [2.75, 3.05) is 59.7 Å². The molecule has 4 atom stereocenters. The first kappa shape index (κ1) is 53.7. The van der Waals surface area contributed by atoms with Crippen LogP contribution in [0.5, 0.6) is 0 Å². The molecule has 4 aliphatic heterocycles. The van der Waals surface area contributed by atoms with Crippen molar-refractivity contribution in [2.24, 2.45) is 0 Å². The van der Waals surface area contributed by atoms with Gasteiger partial charge in [-0.3, -0.25) is 0 Å². The first-order valence-electron chi connectivity index (χ1n) is 26.8. The molecule has 6 aromatic rings. The zero-order valence-electron chi connectivity index (χ0n) is 42.9. The van der Waals surface area contributed by atoms with Crippen molar-refractivity contribution >= 4 is 84.3 Å². The van der Waals surface area contributed by atoms with Crippen molar-refractivity contribution in [3.8, 4) is 0 Å². The van der Waals surface area contributed by atoms with E-state index in [0.717, 1.165) is 54.6 Å². The number of fused-ring (bicyclic) bond motifs is 2. The van der Waals surface area contributed by atoms with Gasteiger partial charge in [0.2, 0.25) is 0 Å². The molecule has 396 valence electrons. The SMILES string of the molecule is CCC[CH2][Sn]([CH2]CCC)([CH2]CCC)[c]1ccc(F)c([C@H]2CCCN2c2ccn3ncc(NC(=O)N4CC[C@H](O)C4)c3n2)c1.O=C(Nc1cnn2ccc(N3CCC[C@@H]3c3cc(Br)ccc3F)nc12)N1CC[C@H](O)C1. The van der Waals surface area contributed by atoms with Crippen molar-refractivity contribution in [2.45, 2.75) is 135 Å². The van der Waals surface area contributed by atoms with E-state index in [1.165, 1.54) is 61.5 Å². The summed E-state index contributed by atoms with van der Waals surface area (Å²) in [4.78, 5) is 42.6. The molecule has 4 saturated heterocycles. The second kappa shape index (κ2) is 24.3. The maximum Gasteiger partial charge on any atom is 0.322 e. The van der Waals surface area contributed by atoms with Crippen LogP contribution in [-0.4, -0.2) is 131 Å². The Morgan fingerprint density at radius 1 is 0.649 bits per heavy atom. The summed E-state index contributed by atoms with van der Waals surface area (Å²) in [6.07, 6.45) is 18.1. The number of nitrogens with zero attached hydrogens (tertiary/aromatic N) is 10. The van der Waals surface area contributed by atoms with Crippen LogP contribution in [0.1, 0.15) is 121 Å². The second-order valence-electron chi connectivity index (χ2n) is 20.6. The van der Waals surface area contributed by atoms with E-state index in [-0.39, 0.29) is 35.8 Å². The van der Waals surface area contributed by atoms with E-state index in [1.807, 2.05) is 24.4 Å². The molecular formula is C54H71BrF2N12O4Sn. The van der Waals surface area contributed by atoms with E-state index in [1.54, 1.807) is 49.6 Å². The molecule has 0 saturated carbocycles. The van der Waals surface area contributed by atoms with E-state index in [9.17, 15) is 24.2 Å². The van der Waals surface area contributed by atoms with Gasteiger partial charge in [0.15, 0.2) is 5.65 Å². The Morgan fingerprint density at radius 3 is 1.55 bits per heavy atom. The largest absolute Gasteiger partial charge is 0.391 e. The number of urea groups is 2. The maximum atomic E-state index is 15.7. The number of carbonyl (C=O) groups is 2. The van der Waals surface area contributed by atoms with Gasteiger partial charge >= 0.3 is 236 Å². The third-order valence-corrected chi connectivity index (χ3v) is 31.6. The number of carbonyl (C=O) groups excluding carboxylic acids is 2. The van der Waals surface area contributed by atoms with Gasteiger partial charge in [-0.2, -0.15) is 5.10 Å². The zero-order valence-corrected chi connectivity index (χ0v) is 47.3. The quantitative estimate of drug-likeness (QED) is 0.0684. The molecule has 4 aromatic heterocycles. The fraction of sp³-hybridized carbons (Fsp3) is 0.519. The number of aliphatic hydroxyl groups is 2. The predicted octanol–water partition coefficient (Wildman–Crippen LogP) is 10.4. The van der Waals surface area contributed by atoms with Gasteiger partial charge < -0.3 is 25.3 Å². The van der Waals surface area contributed by atoms with Crippen molar-refractivity contribution < 1.29 is 28.6 Å². The Labute approximate surface area is 444 Å². The Balaban J connectivity index is 0.000000191. The average molecular weight is 1190 g/mol. The van der Waals surface area contributed by atoms with Crippen LogP contribution >= 0.6 is 15.9 Å². The standard InChI is InChI=1S/C21H22BrFN6O2.C21H22FN6O2.3C4H9.Sn/c22-13-3-4-16(23)15(10-13)18-2-1-7-28(18)19-6-9-29-20(26-19)17(11-24-29)25-21(31)27-8-5-14(30)12-27;22-16-5-2-1-4-15(16)18-6-3-9-27(18)19-8-11-28-20(25-19)17(12-23-28)24-21(30)26-10-7-14(29)13-26;3*1-3-4-2;/h3-4,6,9-11,14,18,30H,1-2,5,7-8,12H2,(H,25,31);2,4-5,8,11-12,14,18,29H,3,6-7,9-10,13H2,(H,24,30);3*1,3-4H2,2H3;/t2*14-,18+;;;;/m00..../s1. The average Bonchev–Trinajstić information content (AvgIpc) is 4.29. The van der Waals surface area contributed by atoms with Crippen molar-refractivity contribution in [3.05, 3.63) is 101 Å². The molecule has 4 amide bonds. The number of aromatic nitrogens is 6. The molecule has 0 radical (unpaired) electrons. The molecule has 10 rings (SSSR count). The first-order valence-corrected chi connectivity index (χ1v) is 35.1. The third kappa shape index (κ3) is 11.9. The Morgan fingerprint density at radius 2 is 1.11 bits per heavy atom. The molecular weight excluding hydrogens is 1120 g/mol. The molecule has 0 bridgehead atoms. The van der Waals surface area contributed by atoms with Gasteiger partial charge in [-0.15, -0.1) is 0 Å². The van der Waals surface area contributed by atoms with Crippen LogP contribution in [-0.2, 0) is 0 Å². The molecule has 16 nitrogen and oxygen atoms in total. The van der Waals surface area contributed by atoms with Gasteiger partial charge in [0.05, 0.1) is 24.4 Å². The van der Waals surface area contributed by atoms with Crippen LogP contribution in [0.25, 0.3) is 11.3 Å². The molecule has 74 heavy (non-hydrogen) atoms. The summed E-state index contributed by atoms with van der Waals surface area (Å²) < 4.78 is 39.9. The minimum Gasteiger partial charge on any atom is -0.391 e. The number of nitrogens with one attached hydrogen (secondary N) is 2. The van der Waals surface area contributed by atoms with Gasteiger partial charge in [0.25, 0.3) is 0 Å². The molecule has 4 N–H and O–H groups in total. The fourth-order valence-corrected chi connectivity index (χ4v) is 27.8. The molecule has 2 aromatic carbocycles. The minimum atomic E-state index is -2.73. The Hall–Kier alpha value is -5.12. The van der Waals surface area contributed by atoms with Crippen molar-refractivity contribution in [1.29, 1.82) is 0 Å². The molecule has 0 unspecified atom stereocenters. The number of β-amino-alcohol motifs (C(OH)–C–C–N with tert-alkyl or cyclic N) is 2. The van der Waals surface area contributed by atoms with Gasteiger partial charge in [-0.1, -0.05) is 15.9 Å². The topological polar surface area (TPSA) is 172 Å².